The summed E-state index contributed by atoms with van der Waals surface area (Å²) in [4.78, 5) is 10.1. The fourth-order valence-corrected chi connectivity index (χ4v) is 5.65. The van der Waals surface area contributed by atoms with E-state index in [2.05, 4.69) is 10.6 Å². The number of nitrogens with two attached hydrogens (primary N) is 1. The van der Waals surface area contributed by atoms with E-state index in [0.29, 0.717) is 19.4 Å². The molecule has 3 atom stereocenters. The zero-order chi connectivity index (χ0) is 24.7. The van der Waals surface area contributed by atoms with Crippen LogP contribution in [0, 0.1) is 0 Å². The minimum Gasteiger partial charge on any atom is -0.390 e. The Morgan fingerprint density at radius 1 is 1.06 bits per heavy atom. The smallest absolute Gasteiger partial charge is 0.153 e. The lowest BCUT2D eigenvalue weighted by Crippen LogP contribution is -2.49. The zero-order valence-corrected chi connectivity index (χ0v) is 20.3. The Bertz CT molecular complexity index is 1160. The van der Waals surface area contributed by atoms with E-state index >= 15 is 0 Å². The van der Waals surface area contributed by atoms with Crippen LogP contribution in [0.25, 0.3) is 11.3 Å². The third-order valence-corrected chi connectivity index (χ3v) is 7.78. The van der Waals surface area contributed by atoms with Gasteiger partial charge in [-0.05, 0) is 36.1 Å². The topological polar surface area (TPSA) is 118 Å². The molecule has 0 bridgehead atoms. The predicted octanol–water partition coefficient (Wildman–Crippen LogP) is 2.10. The van der Waals surface area contributed by atoms with Gasteiger partial charge >= 0.3 is 0 Å². The van der Waals surface area contributed by atoms with Gasteiger partial charge in [-0.1, -0.05) is 60.7 Å². The van der Waals surface area contributed by atoms with Gasteiger partial charge in [0.15, 0.2) is 9.84 Å². The molecule has 2 aromatic carbocycles. The van der Waals surface area contributed by atoms with E-state index < -0.39 is 28.1 Å². The van der Waals surface area contributed by atoms with Crippen molar-refractivity contribution in [1.29, 1.82) is 0 Å². The van der Waals surface area contributed by atoms with E-state index in [1.165, 1.54) is 0 Å². The molecule has 0 radical (unpaired) electrons. The van der Waals surface area contributed by atoms with E-state index in [4.69, 9.17) is 10.6 Å². The Morgan fingerprint density at radius 2 is 1.80 bits per heavy atom. The lowest BCUT2D eigenvalue weighted by molar-refractivity contribution is -0.130. The second kappa shape index (κ2) is 11.9. The van der Waals surface area contributed by atoms with Crippen LogP contribution in [0.3, 0.4) is 0 Å². The molecule has 35 heavy (non-hydrogen) atoms. The van der Waals surface area contributed by atoms with Crippen molar-refractivity contribution in [3.05, 3.63) is 90.1 Å². The van der Waals surface area contributed by atoms with Crippen LogP contribution in [-0.2, 0) is 27.6 Å². The quantitative estimate of drug-likeness (QED) is 0.346. The number of rotatable bonds is 11. The van der Waals surface area contributed by atoms with Crippen LogP contribution in [0.1, 0.15) is 17.5 Å². The third-order valence-electron chi connectivity index (χ3n) is 6.04. The Labute approximate surface area is 206 Å². The molecule has 0 spiro atoms. The number of aliphatic hydroxyl groups excluding tert-OH is 1. The van der Waals surface area contributed by atoms with Gasteiger partial charge in [0.05, 0.1) is 29.4 Å². The minimum absolute atomic E-state index is 0.0112. The number of hydrogen-bond donors (Lipinski definition) is 3. The van der Waals surface area contributed by atoms with Crippen LogP contribution < -0.4 is 11.3 Å². The Balaban J connectivity index is 1.41. The number of hydrazine groups is 1. The Hall–Kier alpha value is -2.66. The molecule has 4 N–H and O–H groups in total. The molecule has 9 heteroatoms. The molecule has 0 aliphatic carbocycles. The Morgan fingerprint density at radius 3 is 2.46 bits per heavy atom. The summed E-state index contributed by atoms with van der Waals surface area (Å²) in [6.45, 7) is 0.631. The lowest BCUT2D eigenvalue weighted by atomic mass is 10.0. The second-order valence-corrected chi connectivity index (χ2v) is 11.2. The summed E-state index contributed by atoms with van der Waals surface area (Å²) in [5.74, 6) is 0.113. The van der Waals surface area contributed by atoms with Gasteiger partial charge in [-0.3, -0.25) is 9.82 Å². The first-order chi connectivity index (χ1) is 16.9. The third kappa shape index (κ3) is 7.66. The van der Waals surface area contributed by atoms with E-state index in [1.807, 2.05) is 72.8 Å². The average molecular weight is 497 g/mol. The molecule has 2 heterocycles. The van der Waals surface area contributed by atoms with Gasteiger partial charge in [0.25, 0.3) is 0 Å². The molecule has 1 aliphatic heterocycles. The largest absolute Gasteiger partial charge is 0.390 e. The lowest BCUT2D eigenvalue weighted by Gasteiger charge is -2.29. The maximum Gasteiger partial charge on any atom is 0.153 e. The number of hydrogen-bond acceptors (Lipinski definition) is 8. The fourth-order valence-electron chi connectivity index (χ4n) is 4.06. The van der Waals surface area contributed by atoms with Crippen LogP contribution >= 0.6 is 0 Å². The van der Waals surface area contributed by atoms with Crippen molar-refractivity contribution in [2.24, 2.45) is 5.73 Å². The van der Waals surface area contributed by atoms with Crippen LogP contribution in [-0.4, -0.2) is 59.8 Å². The van der Waals surface area contributed by atoms with Gasteiger partial charge in [0, 0.05) is 30.9 Å². The summed E-state index contributed by atoms with van der Waals surface area (Å²) in [5, 5.41) is 12.6. The van der Waals surface area contributed by atoms with Crippen molar-refractivity contribution in [2.45, 2.75) is 37.6 Å². The molecule has 1 saturated heterocycles. The van der Waals surface area contributed by atoms with Crippen molar-refractivity contribution in [2.75, 3.05) is 18.1 Å². The van der Waals surface area contributed by atoms with Gasteiger partial charge in [0.1, 0.15) is 0 Å². The maximum atomic E-state index is 11.8. The zero-order valence-electron chi connectivity index (χ0n) is 19.5. The Kier molecular flexibility index (Phi) is 8.61. The molecule has 1 aromatic heterocycles. The van der Waals surface area contributed by atoms with Crippen LogP contribution in [0.15, 0.2) is 79.0 Å². The average Bonchev–Trinajstić information content (AvgIpc) is 3.22. The highest BCUT2D eigenvalue weighted by Crippen LogP contribution is 2.18. The van der Waals surface area contributed by atoms with Crippen molar-refractivity contribution >= 4 is 9.84 Å². The van der Waals surface area contributed by atoms with E-state index in [1.54, 1.807) is 11.2 Å². The van der Waals surface area contributed by atoms with E-state index in [0.717, 1.165) is 22.4 Å². The minimum atomic E-state index is -3.06. The molecular formula is C26H32N4O4S. The molecule has 8 nitrogen and oxygen atoms in total. The first-order valence-electron chi connectivity index (χ1n) is 11.7. The maximum absolute atomic E-state index is 11.8. The summed E-state index contributed by atoms with van der Waals surface area (Å²) >= 11 is 0. The van der Waals surface area contributed by atoms with E-state index in [9.17, 15) is 13.5 Å². The van der Waals surface area contributed by atoms with Crippen LogP contribution in [0.5, 0.6) is 0 Å². The normalized spacial score (nSPS) is 19.0. The molecule has 186 valence electrons. The van der Waals surface area contributed by atoms with Crippen molar-refractivity contribution in [3.63, 3.8) is 0 Å². The number of sulfone groups is 1. The van der Waals surface area contributed by atoms with Crippen LogP contribution in [0.4, 0.5) is 0 Å². The summed E-state index contributed by atoms with van der Waals surface area (Å²) in [5.41, 5.74) is 13.1. The van der Waals surface area contributed by atoms with Gasteiger partial charge in [-0.2, -0.15) is 0 Å². The fraction of sp³-hybridized carbons (Fsp3) is 0.346. The first kappa shape index (κ1) is 25.4. The SMILES string of the molecule is NC(Cc1ccccc1)C(O)CN(Cc1ccc(-c2ccccn2)cc1)NOC1CCS(=O)(=O)C1. The van der Waals surface area contributed by atoms with Gasteiger partial charge in [-0.15, -0.1) is 5.59 Å². The van der Waals surface area contributed by atoms with Crippen molar-refractivity contribution in [3.8, 4) is 11.3 Å². The number of aliphatic hydroxyl groups is 1. The number of nitrogens with one attached hydrogen (secondary N) is 1. The predicted molar refractivity (Wildman–Crippen MR) is 135 cm³/mol. The van der Waals surface area contributed by atoms with E-state index in [-0.39, 0.29) is 18.1 Å². The van der Waals surface area contributed by atoms with Gasteiger partial charge in [-0.25, -0.2) is 13.4 Å². The second-order valence-electron chi connectivity index (χ2n) is 8.95. The summed E-state index contributed by atoms with van der Waals surface area (Å²) < 4.78 is 23.6. The highest BCUT2D eigenvalue weighted by atomic mass is 32.2. The van der Waals surface area contributed by atoms with Crippen molar-refractivity contribution in [1.82, 2.24) is 15.6 Å². The molecular weight excluding hydrogens is 464 g/mol. The number of aromatic nitrogens is 1. The molecule has 1 aliphatic rings. The highest BCUT2D eigenvalue weighted by Gasteiger charge is 2.29. The number of benzene rings is 2. The molecule has 0 amide bonds. The number of pyridine rings is 1. The molecule has 3 aromatic rings. The molecule has 0 saturated carbocycles. The number of nitrogens with zero attached hydrogens (tertiary/aromatic N) is 2. The molecule has 3 unspecified atom stereocenters. The summed E-state index contributed by atoms with van der Waals surface area (Å²) in [6.07, 6.45) is 1.49. The van der Waals surface area contributed by atoms with Crippen LogP contribution in [0.2, 0.25) is 0 Å². The summed E-state index contributed by atoms with van der Waals surface area (Å²) in [7, 11) is -3.06. The standard InChI is InChI=1S/C26H32N4O4S/c27-24(16-20-6-2-1-3-7-20)26(31)18-30(29-34-23-13-15-35(32,33)19-23)17-21-9-11-22(12-10-21)25-8-4-5-14-28-25/h1-12,14,23-24,26,29,31H,13,15-19,27H2. The van der Waals surface area contributed by atoms with Gasteiger partial charge < -0.3 is 10.8 Å². The monoisotopic (exact) mass is 496 g/mol. The molecule has 4 rings (SSSR count). The molecule has 1 fully saturated rings. The van der Waals surface area contributed by atoms with Gasteiger partial charge in [0.2, 0.25) is 0 Å². The highest BCUT2D eigenvalue weighted by molar-refractivity contribution is 7.91. The van der Waals surface area contributed by atoms with Crippen molar-refractivity contribution < 1.29 is 18.4 Å². The summed E-state index contributed by atoms with van der Waals surface area (Å²) in [6, 6.07) is 23.1. The first-order valence-corrected chi connectivity index (χ1v) is 13.5.